The fraction of sp³-hybridized carbons (Fsp3) is 0.538. The van der Waals surface area contributed by atoms with Gasteiger partial charge in [-0.15, -0.1) is 11.3 Å². The second kappa shape index (κ2) is 6.00. The van der Waals surface area contributed by atoms with Crippen molar-refractivity contribution in [1.82, 2.24) is 5.32 Å². The lowest BCUT2D eigenvalue weighted by atomic mass is 10.1. The number of hydrogen-bond donors (Lipinski definition) is 1. The molecule has 0 spiro atoms. The molecule has 1 N–H and O–H groups in total. The summed E-state index contributed by atoms with van der Waals surface area (Å²) >= 11 is 1.53. The average Bonchev–Trinajstić information content (AvgIpc) is 2.60. The highest BCUT2D eigenvalue weighted by molar-refractivity contribution is 7.10. The van der Waals surface area contributed by atoms with Crippen molar-refractivity contribution < 1.29 is 14.3 Å². The highest BCUT2D eigenvalue weighted by Crippen LogP contribution is 2.26. The number of ether oxygens (including phenoxy) is 1. The van der Waals surface area contributed by atoms with Gasteiger partial charge >= 0.3 is 6.09 Å². The lowest BCUT2D eigenvalue weighted by molar-refractivity contribution is -0.108. The third kappa shape index (κ3) is 4.49. The first-order valence-corrected chi connectivity index (χ1v) is 6.68. The summed E-state index contributed by atoms with van der Waals surface area (Å²) in [6.07, 6.45) is 0.559. The second-order valence-electron chi connectivity index (χ2n) is 5.07. The minimum atomic E-state index is -0.541. The molecule has 0 fully saturated rings. The summed E-state index contributed by atoms with van der Waals surface area (Å²) in [6, 6.07) is 1.66. The standard InChI is InChI=1S/C13H19NO3S/c1-9-6-8-18-11(9)10(5-7-15)14-12(16)17-13(2,3)4/h6-8,10H,5H2,1-4H3,(H,14,16)/t10-/m0/s1. The molecule has 0 aliphatic rings. The van der Waals surface area contributed by atoms with Gasteiger partial charge in [-0.2, -0.15) is 0 Å². The van der Waals surface area contributed by atoms with Crippen LogP contribution in [0.5, 0.6) is 0 Å². The Hall–Kier alpha value is -1.36. The minimum absolute atomic E-state index is 0.251. The summed E-state index contributed by atoms with van der Waals surface area (Å²) in [7, 11) is 0. The Balaban J connectivity index is 2.73. The molecule has 0 bridgehead atoms. The van der Waals surface area contributed by atoms with Crippen LogP contribution < -0.4 is 5.32 Å². The number of carbonyl (C=O) groups is 2. The van der Waals surface area contributed by atoms with Crippen LogP contribution in [0, 0.1) is 6.92 Å². The molecule has 0 saturated heterocycles. The molecular formula is C13H19NO3S. The summed E-state index contributed by atoms with van der Waals surface area (Å²) < 4.78 is 5.19. The Labute approximate surface area is 111 Å². The highest BCUT2D eigenvalue weighted by atomic mass is 32.1. The Morgan fingerprint density at radius 2 is 2.22 bits per heavy atom. The van der Waals surface area contributed by atoms with Gasteiger partial charge in [-0.25, -0.2) is 4.79 Å². The lowest BCUT2D eigenvalue weighted by Crippen LogP contribution is -2.35. The van der Waals surface area contributed by atoms with Crippen LogP contribution in [0.2, 0.25) is 0 Å². The zero-order chi connectivity index (χ0) is 13.8. The molecule has 1 aromatic rings. The van der Waals surface area contributed by atoms with Crippen molar-refractivity contribution in [3.05, 3.63) is 21.9 Å². The Kier molecular flexibility index (Phi) is 4.90. The maximum atomic E-state index is 11.7. The van der Waals surface area contributed by atoms with Gasteiger partial charge in [-0.05, 0) is 44.7 Å². The van der Waals surface area contributed by atoms with Crippen molar-refractivity contribution in [1.29, 1.82) is 0 Å². The van der Waals surface area contributed by atoms with Crippen LogP contribution in [0.3, 0.4) is 0 Å². The second-order valence-corrected chi connectivity index (χ2v) is 6.02. The smallest absolute Gasteiger partial charge is 0.408 e. The molecular weight excluding hydrogens is 250 g/mol. The molecule has 1 heterocycles. The van der Waals surface area contributed by atoms with E-state index in [1.807, 2.05) is 18.4 Å². The number of alkyl carbamates (subject to hydrolysis) is 1. The number of nitrogens with one attached hydrogen (secondary N) is 1. The molecule has 0 aliphatic heterocycles. The fourth-order valence-electron chi connectivity index (χ4n) is 1.52. The van der Waals surface area contributed by atoms with E-state index in [0.29, 0.717) is 0 Å². The lowest BCUT2D eigenvalue weighted by Gasteiger charge is -2.22. The van der Waals surface area contributed by atoms with Gasteiger partial charge in [0.15, 0.2) is 0 Å². The first kappa shape index (κ1) is 14.7. The maximum Gasteiger partial charge on any atom is 0.408 e. The van der Waals surface area contributed by atoms with Crippen molar-refractivity contribution in [3.8, 4) is 0 Å². The number of thiophene rings is 1. The van der Waals surface area contributed by atoms with E-state index >= 15 is 0 Å². The summed E-state index contributed by atoms with van der Waals surface area (Å²) in [4.78, 5) is 23.4. The van der Waals surface area contributed by atoms with E-state index in [1.165, 1.54) is 11.3 Å². The fourth-order valence-corrected chi connectivity index (χ4v) is 2.51. The first-order chi connectivity index (χ1) is 8.33. The SMILES string of the molecule is Cc1ccsc1[C@H](CC=O)NC(=O)OC(C)(C)C. The monoisotopic (exact) mass is 269 g/mol. The topological polar surface area (TPSA) is 55.4 Å². The zero-order valence-electron chi connectivity index (χ0n) is 11.1. The van der Waals surface area contributed by atoms with E-state index in [4.69, 9.17) is 4.74 Å². The van der Waals surface area contributed by atoms with Gasteiger partial charge in [-0.3, -0.25) is 0 Å². The average molecular weight is 269 g/mol. The Morgan fingerprint density at radius 3 is 2.67 bits per heavy atom. The number of aldehydes is 1. The van der Waals surface area contributed by atoms with Gasteiger partial charge in [0.25, 0.3) is 0 Å². The third-order valence-corrected chi connectivity index (χ3v) is 3.37. The van der Waals surface area contributed by atoms with Gasteiger partial charge in [-0.1, -0.05) is 0 Å². The van der Waals surface area contributed by atoms with Crippen LogP contribution in [-0.2, 0) is 9.53 Å². The van der Waals surface area contributed by atoms with Crippen LogP contribution >= 0.6 is 11.3 Å². The number of amides is 1. The van der Waals surface area contributed by atoms with Crippen molar-refractivity contribution in [2.75, 3.05) is 0 Å². The summed E-state index contributed by atoms with van der Waals surface area (Å²) in [5, 5.41) is 4.68. The van der Waals surface area contributed by atoms with Crippen LogP contribution in [0.25, 0.3) is 0 Å². The molecule has 1 aromatic heterocycles. The molecule has 0 aromatic carbocycles. The number of carbonyl (C=O) groups excluding carboxylic acids is 2. The number of aryl methyl sites for hydroxylation is 1. The van der Waals surface area contributed by atoms with Crippen LogP contribution in [0.15, 0.2) is 11.4 Å². The zero-order valence-corrected chi connectivity index (χ0v) is 12.0. The van der Waals surface area contributed by atoms with E-state index < -0.39 is 11.7 Å². The molecule has 1 rings (SSSR count). The third-order valence-electron chi connectivity index (χ3n) is 2.24. The van der Waals surface area contributed by atoms with Gasteiger partial charge in [0.1, 0.15) is 11.9 Å². The molecule has 4 nitrogen and oxygen atoms in total. The molecule has 1 amide bonds. The Bertz CT molecular complexity index is 420. The van der Waals surface area contributed by atoms with Crippen molar-refractivity contribution >= 4 is 23.7 Å². The van der Waals surface area contributed by atoms with E-state index in [9.17, 15) is 9.59 Å². The first-order valence-electron chi connectivity index (χ1n) is 5.80. The number of hydrogen-bond acceptors (Lipinski definition) is 4. The van der Waals surface area contributed by atoms with Crippen LogP contribution in [0.4, 0.5) is 4.79 Å². The molecule has 0 radical (unpaired) electrons. The molecule has 5 heteroatoms. The van der Waals surface area contributed by atoms with Crippen LogP contribution in [0.1, 0.15) is 43.7 Å². The summed E-state index contributed by atoms with van der Waals surface area (Å²) in [5.41, 5.74) is 0.531. The molecule has 0 saturated carbocycles. The van der Waals surface area contributed by atoms with E-state index in [-0.39, 0.29) is 12.5 Å². The predicted molar refractivity (Wildman–Crippen MR) is 71.8 cm³/mol. The van der Waals surface area contributed by atoms with Gasteiger partial charge in [0.05, 0.1) is 6.04 Å². The highest BCUT2D eigenvalue weighted by Gasteiger charge is 2.21. The van der Waals surface area contributed by atoms with Gasteiger partial charge in [0, 0.05) is 11.3 Å². The molecule has 1 atom stereocenters. The van der Waals surface area contributed by atoms with E-state index in [1.54, 1.807) is 20.8 Å². The van der Waals surface area contributed by atoms with Gasteiger partial charge in [0.2, 0.25) is 0 Å². The summed E-state index contributed by atoms with van der Waals surface area (Å²) in [6.45, 7) is 7.37. The van der Waals surface area contributed by atoms with E-state index in [2.05, 4.69) is 5.32 Å². The van der Waals surface area contributed by atoms with Crippen LogP contribution in [-0.4, -0.2) is 18.0 Å². The molecule has 0 unspecified atom stereocenters. The number of rotatable bonds is 4. The predicted octanol–water partition coefficient (Wildman–Crippen LogP) is 3.21. The Morgan fingerprint density at radius 1 is 1.56 bits per heavy atom. The van der Waals surface area contributed by atoms with E-state index in [0.717, 1.165) is 16.7 Å². The normalized spacial score (nSPS) is 12.9. The largest absolute Gasteiger partial charge is 0.444 e. The molecule has 18 heavy (non-hydrogen) atoms. The summed E-state index contributed by atoms with van der Waals surface area (Å²) in [5.74, 6) is 0. The maximum absolute atomic E-state index is 11.7. The van der Waals surface area contributed by atoms with Crippen molar-refractivity contribution in [3.63, 3.8) is 0 Å². The van der Waals surface area contributed by atoms with Crippen molar-refractivity contribution in [2.45, 2.75) is 45.8 Å². The molecule has 0 aliphatic carbocycles. The quantitative estimate of drug-likeness (QED) is 0.854. The molecule has 100 valence electrons. The van der Waals surface area contributed by atoms with Gasteiger partial charge < -0.3 is 14.8 Å². The minimum Gasteiger partial charge on any atom is -0.444 e. The van der Waals surface area contributed by atoms with Crippen molar-refractivity contribution in [2.24, 2.45) is 0 Å².